The number of aliphatic hydroxyl groups is 1. The zero-order valence-electron chi connectivity index (χ0n) is 11.0. The molecule has 1 N–H and O–H groups in total. The molecule has 3 nitrogen and oxygen atoms in total. The molecule has 102 valence electrons. The third-order valence-corrected chi connectivity index (χ3v) is 4.84. The van der Waals surface area contributed by atoms with E-state index in [4.69, 9.17) is 9.47 Å². The summed E-state index contributed by atoms with van der Waals surface area (Å²) in [4.78, 5) is 0. The van der Waals surface area contributed by atoms with Crippen LogP contribution in [0.3, 0.4) is 0 Å². The number of ether oxygens (including phenoxy) is 2. The molecule has 3 unspecified atom stereocenters. The fourth-order valence-electron chi connectivity index (χ4n) is 3.66. The Hall–Kier alpha value is -1.22. The molecule has 2 saturated carbocycles. The van der Waals surface area contributed by atoms with E-state index in [0.717, 1.165) is 35.3 Å². The number of aliphatic hydroxyl groups excluding tert-OH is 1. The summed E-state index contributed by atoms with van der Waals surface area (Å²) in [6, 6.07) is 5.90. The highest BCUT2D eigenvalue weighted by molar-refractivity contribution is 5.44. The topological polar surface area (TPSA) is 38.7 Å². The fourth-order valence-corrected chi connectivity index (χ4v) is 3.66. The van der Waals surface area contributed by atoms with Crippen molar-refractivity contribution in [3.63, 3.8) is 0 Å². The first-order valence-electron chi connectivity index (χ1n) is 7.39. The van der Waals surface area contributed by atoms with Gasteiger partial charge in [-0.2, -0.15) is 0 Å². The highest BCUT2D eigenvalue weighted by Crippen LogP contribution is 2.57. The van der Waals surface area contributed by atoms with Crippen molar-refractivity contribution in [1.29, 1.82) is 0 Å². The van der Waals surface area contributed by atoms with Crippen LogP contribution >= 0.6 is 0 Å². The van der Waals surface area contributed by atoms with Gasteiger partial charge in [0.05, 0.1) is 19.3 Å². The first-order valence-corrected chi connectivity index (χ1v) is 7.39. The number of fused-ring (bicyclic) bond motifs is 2. The van der Waals surface area contributed by atoms with Crippen LogP contribution in [0.2, 0.25) is 0 Å². The predicted octanol–water partition coefficient (Wildman–Crippen LogP) is 2.93. The molecule has 3 aliphatic rings. The first-order chi connectivity index (χ1) is 9.31. The van der Waals surface area contributed by atoms with Gasteiger partial charge in [0, 0.05) is 6.42 Å². The summed E-state index contributed by atoms with van der Waals surface area (Å²) in [5, 5.41) is 10.5. The van der Waals surface area contributed by atoms with Gasteiger partial charge in [-0.25, -0.2) is 0 Å². The molecule has 1 aliphatic heterocycles. The van der Waals surface area contributed by atoms with Gasteiger partial charge < -0.3 is 14.6 Å². The monoisotopic (exact) mass is 260 g/mol. The van der Waals surface area contributed by atoms with Gasteiger partial charge in [-0.05, 0) is 54.7 Å². The second-order valence-corrected chi connectivity index (χ2v) is 6.19. The average Bonchev–Trinajstić information content (AvgIpc) is 3.12. The van der Waals surface area contributed by atoms with Crippen LogP contribution in [0, 0.1) is 17.8 Å². The molecule has 19 heavy (non-hydrogen) atoms. The van der Waals surface area contributed by atoms with Crippen LogP contribution in [0.4, 0.5) is 0 Å². The van der Waals surface area contributed by atoms with Gasteiger partial charge in [-0.3, -0.25) is 0 Å². The van der Waals surface area contributed by atoms with Crippen LogP contribution in [-0.4, -0.2) is 18.3 Å². The zero-order chi connectivity index (χ0) is 12.8. The summed E-state index contributed by atoms with van der Waals surface area (Å²) < 4.78 is 11.3. The number of hydrogen-bond acceptors (Lipinski definition) is 3. The second kappa shape index (κ2) is 4.41. The molecular formula is C16H20O3. The van der Waals surface area contributed by atoms with Crippen LogP contribution < -0.4 is 9.47 Å². The minimum Gasteiger partial charge on any atom is -0.490 e. The smallest absolute Gasteiger partial charge is 0.161 e. The third-order valence-electron chi connectivity index (χ3n) is 4.84. The van der Waals surface area contributed by atoms with Crippen molar-refractivity contribution in [3.8, 4) is 11.5 Å². The SMILES string of the molecule is OC(c1ccc2c(c1)OCCCO2)C1CC2CC2C1. The lowest BCUT2D eigenvalue weighted by Gasteiger charge is -2.20. The molecule has 3 atom stereocenters. The molecule has 0 saturated heterocycles. The standard InChI is InChI=1S/C16H20O3/c17-16(13-7-11-6-12(11)8-13)10-2-3-14-15(9-10)19-5-1-4-18-14/h2-3,9,11-13,16-17H,1,4-8H2. The van der Waals surface area contributed by atoms with Gasteiger partial charge >= 0.3 is 0 Å². The van der Waals surface area contributed by atoms with E-state index in [1.54, 1.807) is 0 Å². The van der Waals surface area contributed by atoms with Crippen molar-refractivity contribution in [3.05, 3.63) is 23.8 Å². The number of hydrogen-bond donors (Lipinski definition) is 1. The lowest BCUT2D eigenvalue weighted by molar-refractivity contribution is 0.104. The van der Waals surface area contributed by atoms with E-state index in [1.807, 2.05) is 18.2 Å². The largest absolute Gasteiger partial charge is 0.490 e. The van der Waals surface area contributed by atoms with Gasteiger partial charge in [0.25, 0.3) is 0 Å². The highest BCUT2D eigenvalue weighted by Gasteiger charge is 2.47. The summed E-state index contributed by atoms with van der Waals surface area (Å²) in [7, 11) is 0. The minimum absolute atomic E-state index is 0.343. The predicted molar refractivity (Wildman–Crippen MR) is 71.3 cm³/mol. The quantitative estimate of drug-likeness (QED) is 0.888. The van der Waals surface area contributed by atoms with Crippen LogP contribution in [0.25, 0.3) is 0 Å². The Balaban J connectivity index is 1.55. The molecular weight excluding hydrogens is 240 g/mol. The van der Waals surface area contributed by atoms with Gasteiger partial charge in [0.15, 0.2) is 11.5 Å². The van der Waals surface area contributed by atoms with E-state index in [0.29, 0.717) is 19.1 Å². The van der Waals surface area contributed by atoms with Crippen molar-refractivity contribution in [2.45, 2.75) is 31.8 Å². The zero-order valence-corrected chi connectivity index (χ0v) is 11.0. The summed E-state index contributed by atoms with van der Waals surface area (Å²) in [6.45, 7) is 1.40. The van der Waals surface area contributed by atoms with Gasteiger partial charge in [-0.15, -0.1) is 0 Å². The maximum atomic E-state index is 10.5. The molecule has 1 aromatic carbocycles. The Kier molecular flexibility index (Phi) is 2.69. The van der Waals surface area contributed by atoms with Crippen LogP contribution in [0.1, 0.15) is 37.4 Å². The Labute approximate surface area is 113 Å². The molecule has 2 aliphatic carbocycles. The summed E-state index contributed by atoms with van der Waals surface area (Å²) in [5.74, 6) is 3.84. The summed E-state index contributed by atoms with van der Waals surface area (Å²) in [6.07, 6.45) is 4.36. The van der Waals surface area contributed by atoms with Crippen molar-refractivity contribution >= 4 is 0 Å². The van der Waals surface area contributed by atoms with Crippen LogP contribution in [0.5, 0.6) is 11.5 Å². The van der Waals surface area contributed by atoms with E-state index in [2.05, 4.69) is 0 Å². The maximum absolute atomic E-state index is 10.5. The molecule has 0 spiro atoms. The minimum atomic E-state index is -0.343. The molecule has 2 fully saturated rings. The summed E-state index contributed by atoms with van der Waals surface area (Å²) in [5.41, 5.74) is 0.982. The Morgan fingerprint density at radius 3 is 2.53 bits per heavy atom. The highest BCUT2D eigenvalue weighted by atomic mass is 16.5. The van der Waals surface area contributed by atoms with E-state index in [9.17, 15) is 5.11 Å². The van der Waals surface area contributed by atoms with Crippen LogP contribution in [0.15, 0.2) is 18.2 Å². The van der Waals surface area contributed by atoms with E-state index < -0.39 is 0 Å². The van der Waals surface area contributed by atoms with Gasteiger partial charge in [0.1, 0.15) is 0 Å². The molecule has 0 amide bonds. The van der Waals surface area contributed by atoms with Crippen molar-refractivity contribution in [2.75, 3.05) is 13.2 Å². The van der Waals surface area contributed by atoms with Crippen molar-refractivity contribution in [2.24, 2.45) is 17.8 Å². The molecule has 3 heteroatoms. The lowest BCUT2D eigenvalue weighted by Crippen LogP contribution is -2.11. The van der Waals surface area contributed by atoms with Crippen molar-refractivity contribution < 1.29 is 14.6 Å². The van der Waals surface area contributed by atoms with Gasteiger partial charge in [-0.1, -0.05) is 6.07 Å². The normalized spacial score (nSPS) is 33.4. The number of benzene rings is 1. The molecule has 1 heterocycles. The van der Waals surface area contributed by atoms with Crippen molar-refractivity contribution in [1.82, 2.24) is 0 Å². The van der Waals surface area contributed by atoms with E-state index >= 15 is 0 Å². The summed E-state index contributed by atoms with van der Waals surface area (Å²) >= 11 is 0. The molecule has 0 bridgehead atoms. The molecule has 0 aromatic heterocycles. The lowest BCUT2D eigenvalue weighted by atomic mass is 9.91. The van der Waals surface area contributed by atoms with Crippen LogP contribution in [-0.2, 0) is 0 Å². The third kappa shape index (κ3) is 2.10. The Morgan fingerprint density at radius 1 is 1.00 bits per heavy atom. The van der Waals surface area contributed by atoms with E-state index in [-0.39, 0.29) is 6.10 Å². The first kappa shape index (κ1) is 11.6. The van der Waals surface area contributed by atoms with E-state index in [1.165, 1.54) is 19.3 Å². The molecule has 0 radical (unpaired) electrons. The fraction of sp³-hybridized carbons (Fsp3) is 0.625. The van der Waals surface area contributed by atoms with Gasteiger partial charge in [0.2, 0.25) is 0 Å². The molecule has 4 rings (SSSR count). The molecule has 1 aromatic rings. The number of rotatable bonds is 2. The second-order valence-electron chi connectivity index (χ2n) is 6.19. The Bertz CT molecular complexity index is 475. The Morgan fingerprint density at radius 2 is 1.74 bits per heavy atom. The average molecular weight is 260 g/mol. The maximum Gasteiger partial charge on any atom is 0.161 e.